The summed E-state index contributed by atoms with van der Waals surface area (Å²) in [5.74, 6) is -0.395. The minimum Gasteiger partial charge on any atom is -0.352 e. The van der Waals surface area contributed by atoms with E-state index in [4.69, 9.17) is 0 Å². The van der Waals surface area contributed by atoms with Crippen LogP contribution in [0, 0.1) is 0 Å². The summed E-state index contributed by atoms with van der Waals surface area (Å²) < 4.78 is 0. The van der Waals surface area contributed by atoms with Gasteiger partial charge in [-0.3, -0.25) is 14.5 Å². The Balaban J connectivity index is 1.70. The molecule has 134 valence electrons. The van der Waals surface area contributed by atoms with Crippen LogP contribution in [0.2, 0.25) is 0 Å². The number of nitrogens with one attached hydrogen (secondary N) is 3. The van der Waals surface area contributed by atoms with Crippen LogP contribution in [-0.2, 0) is 4.79 Å². The molecular weight excluding hydrogens is 332 g/mol. The quantitative estimate of drug-likeness (QED) is 0.790. The summed E-state index contributed by atoms with van der Waals surface area (Å²) in [7, 11) is 0. The lowest BCUT2D eigenvalue weighted by Crippen LogP contribution is -2.44. The Kier molecular flexibility index (Phi) is 5.17. The second-order valence-electron chi connectivity index (χ2n) is 5.91. The van der Waals surface area contributed by atoms with E-state index in [1.165, 1.54) is 4.90 Å². The Morgan fingerprint density at radius 2 is 1.85 bits per heavy atom. The van der Waals surface area contributed by atoms with Crippen molar-refractivity contribution < 1.29 is 14.4 Å². The summed E-state index contributed by atoms with van der Waals surface area (Å²) in [5, 5.41) is 8.30. The maximum Gasteiger partial charge on any atom is 0.326 e. The third kappa shape index (κ3) is 3.83. The molecule has 7 heteroatoms. The Labute approximate surface area is 151 Å². The van der Waals surface area contributed by atoms with Gasteiger partial charge >= 0.3 is 6.03 Å². The SMILES string of the molecule is CCCNC(=O)c1ccc(NC(=O)N2CC(=O)Nc3ccccc32)cc1. The maximum atomic E-state index is 12.6. The van der Waals surface area contributed by atoms with Gasteiger partial charge in [0.25, 0.3) is 5.91 Å². The van der Waals surface area contributed by atoms with Gasteiger partial charge in [0, 0.05) is 17.8 Å². The molecular formula is C19H20N4O3. The zero-order valence-electron chi connectivity index (χ0n) is 14.4. The number of amides is 4. The predicted molar refractivity (Wildman–Crippen MR) is 101 cm³/mol. The summed E-state index contributed by atoms with van der Waals surface area (Å²) >= 11 is 0. The van der Waals surface area contributed by atoms with Gasteiger partial charge in [0.1, 0.15) is 6.54 Å². The number of hydrogen-bond acceptors (Lipinski definition) is 3. The first kappa shape index (κ1) is 17.5. The molecule has 1 heterocycles. The average Bonchev–Trinajstić information content (AvgIpc) is 2.65. The van der Waals surface area contributed by atoms with E-state index in [0.29, 0.717) is 29.2 Å². The molecule has 2 aromatic carbocycles. The number of hydrogen-bond donors (Lipinski definition) is 3. The molecule has 3 N–H and O–H groups in total. The van der Waals surface area contributed by atoms with Crippen LogP contribution in [0.5, 0.6) is 0 Å². The molecule has 0 bridgehead atoms. The Morgan fingerprint density at radius 1 is 1.12 bits per heavy atom. The second-order valence-corrected chi connectivity index (χ2v) is 5.91. The molecule has 0 unspecified atom stereocenters. The fraction of sp³-hybridized carbons (Fsp3) is 0.211. The van der Waals surface area contributed by atoms with Crippen molar-refractivity contribution in [1.29, 1.82) is 0 Å². The number of fused-ring (bicyclic) bond motifs is 1. The number of rotatable bonds is 4. The molecule has 0 aliphatic carbocycles. The molecule has 0 spiro atoms. The summed E-state index contributed by atoms with van der Waals surface area (Å²) in [5.41, 5.74) is 2.31. The van der Waals surface area contributed by atoms with E-state index in [-0.39, 0.29) is 18.4 Å². The number of para-hydroxylation sites is 2. The largest absolute Gasteiger partial charge is 0.352 e. The molecule has 0 aromatic heterocycles. The van der Waals surface area contributed by atoms with Crippen LogP contribution in [0.3, 0.4) is 0 Å². The molecule has 0 saturated carbocycles. The van der Waals surface area contributed by atoms with Crippen molar-refractivity contribution in [3.05, 3.63) is 54.1 Å². The molecule has 0 saturated heterocycles. The van der Waals surface area contributed by atoms with Crippen molar-refractivity contribution >= 4 is 34.9 Å². The van der Waals surface area contributed by atoms with Crippen molar-refractivity contribution in [3.8, 4) is 0 Å². The number of urea groups is 1. The van der Waals surface area contributed by atoms with Crippen molar-refractivity contribution in [2.75, 3.05) is 28.6 Å². The zero-order valence-corrected chi connectivity index (χ0v) is 14.4. The summed E-state index contributed by atoms with van der Waals surface area (Å²) in [6.45, 7) is 2.55. The van der Waals surface area contributed by atoms with Crippen LogP contribution in [0.4, 0.5) is 21.9 Å². The number of carbonyl (C=O) groups excluding carboxylic acids is 3. The van der Waals surface area contributed by atoms with Gasteiger partial charge in [0.2, 0.25) is 5.91 Å². The minimum absolute atomic E-state index is 0.0552. The maximum absolute atomic E-state index is 12.6. The lowest BCUT2D eigenvalue weighted by Gasteiger charge is -2.29. The highest BCUT2D eigenvalue weighted by Crippen LogP contribution is 2.29. The molecule has 0 radical (unpaired) electrons. The van der Waals surface area contributed by atoms with Gasteiger partial charge in [-0.05, 0) is 42.8 Å². The smallest absolute Gasteiger partial charge is 0.326 e. The van der Waals surface area contributed by atoms with Crippen molar-refractivity contribution in [2.24, 2.45) is 0 Å². The van der Waals surface area contributed by atoms with Crippen LogP contribution in [0.15, 0.2) is 48.5 Å². The van der Waals surface area contributed by atoms with Gasteiger partial charge < -0.3 is 16.0 Å². The monoisotopic (exact) mass is 352 g/mol. The Morgan fingerprint density at radius 3 is 2.58 bits per heavy atom. The van der Waals surface area contributed by atoms with Crippen molar-refractivity contribution in [1.82, 2.24) is 5.32 Å². The topological polar surface area (TPSA) is 90.5 Å². The number of benzene rings is 2. The minimum atomic E-state index is -0.407. The van der Waals surface area contributed by atoms with Crippen LogP contribution in [-0.4, -0.2) is 30.9 Å². The van der Waals surface area contributed by atoms with Gasteiger partial charge in [-0.15, -0.1) is 0 Å². The van der Waals surface area contributed by atoms with E-state index in [0.717, 1.165) is 6.42 Å². The molecule has 3 rings (SSSR count). The third-order valence-corrected chi connectivity index (χ3v) is 3.95. The Hall–Kier alpha value is -3.35. The van der Waals surface area contributed by atoms with Crippen molar-refractivity contribution in [2.45, 2.75) is 13.3 Å². The predicted octanol–water partition coefficient (Wildman–Crippen LogP) is 2.82. The molecule has 0 atom stereocenters. The first-order chi connectivity index (χ1) is 12.6. The van der Waals surface area contributed by atoms with E-state index >= 15 is 0 Å². The van der Waals surface area contributed by atoms with Crippen LogP contribution >= 0.6 is 0 Å². The second kappa shape index (κ2) is 7.69. The summed E-state index contributed by atoms with van der Waals surface area (Å²) in [6, 6.07) is 13.3. The highest BCUT2D eigenvalue weighted by Gasteiger charge is 2.26. The first-order valence-electron chi connectivity index (χ1n) is 8.44. The van der Waals surface area contributed by atoms with Gasteiger partial charge in [-0.1, -0.05) is 19.1 Å². The van der Waals surface area contributed by atoms with Gasteiger partial charge in [0.15, 0.2) is 0 Å². The van der Waals surface area contributed by atoms with Crippen LogP contribution < -0.4 is 20.9 Å². The van der Waals surface area contributed by atoms with E-state index in [9.17, 15) is 14.4 Å². The molecule has 4 amide bonds. The number of carbonyl (C=O) groups is 3. The molecule has 26 heavy (non-hydrogen) atoms. The Bertz CT molecular complexity index is 833. The molecule has 0 fully saturated rings. The highest BCUT2D eigenvalue weighted by atomic mass is 16.2. The van der Waals surface area contributed by atoms with E-state index in [1.54, 1.807) is 48.5 Å². The van der Waals surface area contributed by atoms with Crippen LogP contribution in [0.25, 0.3) is 0 Å². The number of nitrogens with zero attached hydrogens (tertiary/aromatic N) is 1. The molecule has 1 aliphatic rings. The number of anilines is 3. The third-order valence-electron chi connectivity index (χ3n) is 3.95. The lowest BCUT2D eigenvalue weighted by atomic mass is 10.2. The van der Waals surface area contributed by atoms with Gasteiger partial charge in [-0.2, -0.15) is 0 Å². The first-order valence-corrected chi connectivity index (χ1v) is 8.44. The highest BCUT2D eigenvalue weighted by molar-refractivity contribution is 6.12. The fourth-order valence-corrected chi connectivity index (χ4v) is 2.65. The van der Waals surface area contributed by atoms with Gasteiger partial charge in [0.05, 0.1) is 11.4 Å². The lowest BCUT2D eigenvalue weighted by molar-refractivity contribution is -0.115. The summed E-state index contributed by atoms with van der Waals surface area (Å²) in [6.07, 6.45) is 0.866. The van der Waals surface area contributed by atoms with E-state index in [2.05, 4.69) is 16.0 Å². The molecule has 7 nitrogen and oxygen atoms in total. The van der Waals surface area contributed by atoms with E-state index in [1.807, 2.05) is 6.92 Å². The van der Waals surface area contributed by atoms with E-state index < -0.39 is 6.03 Å². The molecule has 1 aliphatic heterocycles. The average molecular weight is 352 g/mol. The van der Waals surface area contributed by atoms with Crippen molar-refractivity contribution in [3.63, 3.8) is 0 Å². The standard InChI is InChI=1S/C19H20N4O3/c1-2-11-20-18(25)13-7-9-14(10-8-13)21-19(26)23-12-17(24)22-15-5-3-4-6-16(15)23/h3-10H,2,11-12H2,1H3,(H,20,25)(H,21,26)(H,22,24). The zero-order chi connectivity index (χ0) is 18.5. The fourth-order valence-electron chi connectivity index (χ4n) is 2.65. The van der Waals surface area contributed by atoms with Crippen LogP contribution in [0.1, 0.15) is 23.7 Å². The molecule has 2 aromatic rings. The van der Waals surface area contributed by atoms with Gasteiger partial charge in [-0.25, -0.2) is 4.79 Å². The normalized spacial score (nSPS) is 12.8. The summed E-state index contributed by atoms with van der Waals surface area (Å²) in [4.78, 5) is 37.7.